The van der Waals surface area contributed by atoms with Gasteiger partial charge in [0, 0.05) is 6.08 Å². The highest BCUT2D eigenvalue weighted by molar-refractivity contribution is 6.06. The molecule has 2 N–H and O–H groups in total. The quantitative estimate of drug-likeness (QED) is 0.833. The summed E-state index contributed by atoms with van der Waals surface area (Å²) >= 11 is 0. The Bertz CT molecular complexity index is 684. The van der Waals surface area contributed by atoms with Crippen molar-refractivity contribution in [2.24, 2.45) is 0 Å². The summed E-state index contributed by atoms with van der Waals surface area (Å²) in [5.41, 5.74) is 1.77. The first kappa shape index (κ1) is 15.6. The number of hydrogen-bond acceptors (Lipinski definition) is 3. The Morgan fingerprint density at radius 2 is 1.91 bits per heavy atom. The molecule has 0 spiro atoms. The molecule has 2 aromatic rings. The second-order valence-electron chi connectivity index (χ2n) is 5.02. The molecule has 0 aliphatic carbocycles. The number of amides is 2. The maximum atomic E-state index is 12.2. The summed E-state index contributed by atoms with van der Waals surface area (Å²) in [5, 5.41) is 5.47. The first-order valence-electron chi connectivity index (χ1n) is 6.92. The van der Waals surface area contributed by atoms with E-state index < -0.39 is 0 Å². The minimum Gasteiger partial charge on any atom is -0.467 e. The largest absolute Gasteiger partial charge is 0.467 e. The molecule has 0 bridgehead atoms. The minimum absolute atomic E-state index is 0.258. The predicted molar refractivity (Wildman–Crippen MR) is 84.4 cm³/mol. The molecule has 1 aromatic carbocycles. The second-order valence-corrected chi connectivity index (χ2v) is 5.02. The first-order valence-corrected chi connectivity index (χ1v) is 6.92. The number of carbonyl (C=O) groups excluding carboxylic acids is 2. The molecule has 5 nitrogen and oxygen atoms in total. The molecule has 5 heteroatoms. The van der Waals surface area contributed by atoms with Gasteiger partial charge in [-0.3, -0.25) is 9.59 Å². The number of furan rings is 1. The summed E-state index contributed by atoms with van der Waals surface area (Å²) in [4.78, 5) is 24.1. The van der Waals surface area contributed by atoms with Gasteiger partial charge in [0.05, 0.1) is 24.1 Å². The van der Waals surface area contributed by atoms with Crippen LogP contribution >= 0.6 is 0 Å². The van der Waals surface area contributed by atoms with E-state index in [-0.39, 0.29) is 11.8 Å². The fraction of sp³-hybridized carbons (Fsp3) is 0.176. The van der Waals surface area contributed by atoms with E-state index in [1.54, 1.807) is 42.7 Å². The average molecular weight is 298 g/mol. The molecule has 2 amide bonds. The number of rotatable bonds is 5. The van der Waals surface area contributed by atoms with Gasteiger partial charge in [-0.25, -0.2) is 0 Å². The molecule has 0 saturated carbocycles. The van der Waals surface area contributed by atoms with Crippen LogP contribution in [0, 0.1) is 0 Å². The lowest BCUT2D eigenvalue weighted by atomic mass is 10.1. The van der Waals surface area contributed by atoms with Gasteiger partial charge >= 0.3 is 0 Å². The molecule has 0 saturated heterocycles. The molecule has 0 radical (unpaired) electrons. The first-order chi connectivity index (χ1) is 10.6. The Kier molecular flexibility index (Phi) is 5.14. The minimum atomic E-state index is -0.274. The van der Waals surface area contributed by atoms with Crippen LogP contribution in [0.4, 0.5) is 5.69 Å². The normalized spacial score (nSPS) is 9.91. The average Bonchev–Trinajstić information content (AvgIpc) is 2.97. The Hall–Kier alpha value is -2.82. The monoisotopic (exact) mass is 298 g/mol. The highest BCUT2D eigenvalue weighted by Crippen LogP contribution is 2.15. The Labute approximate surface area is 129 Å². The standard InChI is InChI=1S/C17H18N2O3/c1-12(2)10-16(20)19-15-8-4-3-7-14(15)17(21)18-11-13-6-5-9-22-13/h3-10H,11H2,1-2H3,(H,18,21)(H,19,20). The lowest BCUT2D eigenvalue weighted by Gasteiger charge is -2.10. The summed E-state index contributed by atoms with van der Waals surface area (Å²) in [6.07, 6.45) is 3.03. The number of nitrogens with one attached hydrogen (secondary N) is 2. The van der Waals surface area contributed by atoms with Gasteiger partial charge in [0.1, 0.15) is 5.76 Å². The molecule has 0 aliphatic heterocycles. The number of carbonyl (C=O) groups is 2. The van der Waals surface area contributed by atoms with Crippen molar-refractivity contribution in [1.29, 1.82) is 0 Å². The van der Waals surface area contributed by atoms with Crippen LogP contribution in [0.5, 0.6) is 0 Å². The summed E-state index contributed by atoms with van der Waals surface area (Å²) < 4.78 is 5.17. The molecule has 0 unspecified atom stereocenters. The summed E-state index contributed by atoms with van der Waals surface area (Å²) in [7, 11) is 0. The zero-order valence-electron chi connectivity index (χ0n) is 12.6. The fourth-order valence-corrected chi connectivity index (χ4v) is 1.90. The number of para-hydroxylation sites is 1. The molecule has 1 heterocycles. The van der Waals surface area contributed by atoms with Gasteiger partial charge in [-0.1, -0.05) is 17.7 Å². The third-order valence-corrected chi connectivity index (χ3v) is 2.85. The van der Waals surface area contributed by atoms with Crippen LogP contribution in [-0.4, -0.2) is 11.8 Å². The molecule has 114 valence electrons. The lowest BCUT2D eigenvalue weighted by molar-refractivity contribution is -0.111. The number of anilines is 1. The smallest absolute Gasteiger partial charge is 0.253 e. The highest BCUT2D eigenvalue weighted by Gasteiger charge is 2.12. The van der Waals surface area contributed by atoms with Gasteiger partial charge in [-0.05, 0) is 38.1 Å². The van der Waals surface area contributed by atoms with Crippen LogP contribution in [0.2, 0.25) is 0 Å². The van der Waals surface area contributed by atoms with Crippen molar-refractivity contribution in [3.8, 4) is 0 Å². The Morgan fingerprint density at radius 3 is 2.59 bits per heavy atom. The van der Waals surface area contributed by atoms with Crippen LogP contribution in [0.15, 0.2) is 58.7 Å². The van der Waals surface area contributed by atoms with Crippen LogP contribution < -0.4 is 10.6 Å². The predicted octanol–water partition coefficient (Wildman–Crippen LogP) is 3.11. The van der Waals surface area contributed by atoms with E-state index >= 15 is 0 Å². The third-order valence-electron chi connectivity index (χ3n) is 2.85. The van der Waals surface area contributed by atoms with Crippen LogP contribution in [0.3, 0.4) is 0 Å². The van der Waals surface area contributed by atoms with E-state index in [0.29, 0.717) is 23.6 Å². The van der Waals surface area contributed by atoms with Gasteiger partial charge in [0.2, 0.25) is 5.91 Å². The van der Waals surface area contributed by atoms with Crippen molar-refractivity contribution in [2.75, 3.05) is 5.32 Å². The Balaban J connectivity index is 2.08. The van der Waals surface area contributed by atoms with E-state index in [2.05, 4.69) is 10.6 Å². The molecule has 0 atom stereocenters. The van der Waals surface area contributed by atoms with Crippen molar-refractivity contribution in [3.05, 3.63) is 65.6 Å². The molecule has 2 rings (SSSR count). The van der Waals surface area contributed by atoms with E-state index in [1.165, 1.54) is 6.08 Å². The zero-order chi connectivity index (χ0) is 15.9. The summed E-state index contributed by atoms with van der Waals surface area (Å²) in [6.45, 7) is 3.96. The van der Waals surface area contributed by atoms with Crippen molar-refractivity contribution < 1.29 is 14.0 Å². The van der Waals surface area contributed by atoms with Crippen molar-refractivity contribution in [3.63, 3.8) is 0 Å². The molecule has 22 heavy (non-hydrogen) atoms. The molecular formula is C17H18N2O3. The van der Waals surface area contributed by atoms with Crippen molar-refractivity contribution in [1.82, 2.24) is 5.32 Å². The number of hydrogen-bond donors (Lipinski definition) is 2. The topological polar surface area (TPSA) is 71.3 Å². The Morgan fingerprint density at radius 1 is 1.14 bits per heavy atom. The van der Waals surface area contributed by atoms with Crippen LogP contribution in [0.25, 0.3) is 0 Å². The van der Waals surface area contributed by atoms with Gasteiger partial charge in [0.15, 0.2) is 0 Å². The van der Waals surface area contributed by atoms with E-state index in [9.17, 15) is 9.59 Å². The van der Waals surface area contributed by atoms with Gasteiger partial charge in [-0.2, -0.15) is 0 Å². The van der Waals surface area contributed by atoms with E-state index in [1.807, 2.05) is 13.8 Å². The van der Waals surface area contributed by atoms with E-state index in [0.717, 1.165) is 5.57 Å². The highest BCUT2D eigenvalue weighted by atomic mass is 16.3. The third kappa shape index (κ3) is 4.34. The zero-order valence-corrected chi connectivity index (χ0v) is 12.6. The molecular weight excluding hydrogens is 280 g/mol. The van der Waals surface area contributed by atoms with Gasteiger partial charge < -0.3 is 15.1 Å². The fourth-order valence-electron chi connectivity index (χ4n) is 1.90. The number of allylic oxidation sites excluding steroid dienone is 1. The second kappa shape index (κ2) is 7.26. The SMILES string of the molecule is CC(C)=CC(=O)Nc1ccccc1C(=O)NCc1ccco1. The molecule has 1 aromatic heterocycles. The summed E-state index contributed by atoms with van der Waals surface area (Å²) in [5.74, 6) is 0.134. The number of benzene rings is 1. The molecule has 0 aliphatic rings. The van der Waals surface area contributed by atoms with E-state index in [4.69, 9.17) is 4.42 Å². The maximum Gasteiger partial charge on any atom is 0.253 e. The van der Waals surface area contributed by atoms with Crippen LogP contribution in [0.1, 0.15) is 30.0 Å². The van der Waals surface area contributed by atoms with Gasteiger partial charge in [-0.15, -0.1) is 0 Å². The van der Waals surface area contributed by atoms with Crippen molar-refractivity contribution in [2.45, 2.75) is 20.4 Å². The van der Waals surface area contributed by atoms with Crippen molar-refractivity contribution >= 4 is 17.5 Å². The van der Waals surface area contributed by atoms with Crippen LogP contribution in [-0.2, 0) is 11.3 Å². The molecule has 0 fully saturated rings. The maximum absolute atomic E-state index is 12.2. The van der Waals surface area contributed by atoms with Gasteiger partial charge in [0.25, 0.3) is 5.91 Å². The lowest BCUT2D eigenvalue weighted by Crippen LogP contribution is -2.24. The summed E-state index contributed by atoms with van der Waals surface area (Å²) in [6, 6.07) is 10.4.